The van der Waals surface area contributed by atoms with Crippen molar-refractivity contribution in [3.8, 4) is 159 Å². The number of aromatic nitrogens is 16. The molecule has 0 aliphatic heterocycles. The van der Waals surface area contributed by atoms with Crippen LogP contribution in [-0.4, -0.2) is 98.5 Å². The molecule has 12 aromatic heterocycles. The van der Waals surface area contributed by atoms with Gasteiger partial charge in [0, 0.05) is 178 Å². The van der Waals surface area contributed by atoms with Crippen molar-refractivity contribution in [3.63, 3.8) is 0 Å². The number of para-hydroxylation sites is 2. The first-order valence-electron chi connectivity index (χ1n) is 40.5. The maximum absolute atomic E-state index is 11.5. The van der Waals surface area contributed by atoms with E-state index < -0.39 is 0 Å². The van der Waals surface area contributed by atoms with Gasteiger partial charge in [0.15, 0.2) is 11.5 Å². The fourth-order valence-electron chi connectivity index (χ4n) is 15.4. The van der Waals surface area contributed by atoms with Crippen LogP contribution in [0.3, 0.4) is 0 Å². The molecule has 0 bridgehead atoms. The maximum atomic E-state index is 11.5. The predicted molar refractivity (Wildman–Crippen MR) is 492 cm³/mol. The van der Waals surface area contributed by atoms with Crippen LogP contribution < -0.4 is 0 Å². The second-order valence-electron chi connectivity index (χ2n) is 29.1. The Morgan fingerprint density at radius 3 is 0.915 bits per heavy atom. The van der Waals surface area contributed by atoms with E-state index in [1.165, 1.54) is 0 Å². The molecule has 0 unspecified atom stereocenters. The van der Waals surface area contributed by atoms with Gasteiger partial charge in [-0.15, -0.1) is 107 Å². The van der Waals surface area contributed by atoms with Crippen LogP contribution in [-0.2, 0) is 84.3 Å². The first kappa shape index (κ1) is 90.0. The molecule has 0 spiro atoms. The van der Waals surface area contributed by atoms with Gasteiger partial charge in [0.2, 0.25) is 0 Å². The molecule has 0 saturated heterocycles. The van der Waals surface area contributed by atoms with Gasteiger partial charge in [-0.25, -0.2) is 9.97 Å². The zero-order valence-corrected chi connectivity index (χ0v) is 78.1. The van der Waals surface area contributed by atoms with Crippen LogP contribution in [0.25, 0.3) is 180 Å². The number of aryl methyl sites for hydroxylation is 2. The summed E-state index contributed by atoms with van der Waals surface area (Å²) in [7, 11) is 0. The summed E-state index contributed by atoms with van der Waals surface area (Å²) in [6.07, 6.45) is 13.9. The number of fused-ring (bicyclic) bond motifs is 4. The number of aromatic hydroxyl groups is 4. The van der Waals surface area contributed by atoms with E-state index in [1.54, 1.807) is 49.6 Å². The number of imidazole rings is 4. The van der Waals surface area contributed by atoms with Gasteiger partial charge in [-0.3, -0.25) is 29.9 Å². The molecule has 4 N–H and O–H groups in total. The van der Waals surface area contributed by atoms with Gasteiger partial charge in [0.1, 0.15) is 40.0 Å². The second-order valence-corrected chi connectivity index (χ2v) is 29.1. The molecule has 0 aliphatic carbocycles. The van der Waals surface area contributed by atoms with Gasteiger partial charge < -0.3 is 58.6 Å². The van der Waals surface area contributed by atoms with Crippen LogP contribution in [0.2, 0.25) is 0 Å². The molecule has 130 heavy (non-hydrogen) atoms. The summed E-state index contributed by atoms with van der Waals surface area (Å²) in [5.74, 6) is 3.54. The summed E-state index contributed by atoms with van der Waals surface area (Å²) in [4.78, 5) is 54.5. The number of pyridine rings is 8. The third-order valence-electron chi connectivity index (χ3n) is 21.2. The second kappa shape index (κ2) is 40.9. The summed E-state index contributed by atoms with van der Waals surface area (Å²) >= 11 is 0. The number of hydrogen-bond acceptors (Lipinski definition) is 16. The molecule has 22 rings (SSSR count). The van der Waals surface area contributed by atoms with Crippen molar-refractivity contribution in [2.45, 2.75) is 13.8 Å². The van der Waals surface area contributed by atoms with Crippen molar-refractivity contribution in [3.05, 3.63) is 413 Å². The fourth-order valence-corrected chi connectivity index (χ4v) is 15.4. The summed E-state index contributed by atoms with van der Waals surface area (Å²) < 4.78 is 7.75. The van der Waals surface area contributed by atoms with Gasteiger partial charge in [0.05, 0.1) is 51.0 Å². The third-order valence-corrected chi connectivity index (χ3v) is 21.2. The topological polar surface area (TPSA) is 255 Å². The van der Waals surface area contributed by atoms with Crippen molar-refractivity contribution in [1.82, 2.24) is 78.1 Å². The van der Waals surface area contributed by atoms with Crippen LogP contribution in [0, 0.1) is 38.1 Å². The number of phenols is 4. The smallest absolute Gasteiger partial charge is 0.151 e. The molecule has 20 nitrogen and oxygen atoms in total. The largest absolute Gasteiger partial charge is 0.505 e. The molecule has 24 heteroatoms. The van der Waals surface area contributed by atoms with Crippen molar-refractivity contribution >= 4 is 44.1 Å². The van der Waals surface area contributed by atoms with Gasteiger partial charge in [-0.1, -0.05) is 146 Å². The Morgan fingerprint density at radius 1 is 0.223 bits per heavy atom. The standard InChI is InChI=1S/2C29H19N4O.2C24H17N4O.4Pt/c34-28-23(25-14-5-7-18-31-25)15-16-26-27(28)33(29(32-26)20-9-2-1-3-10-20)22-12-8-11-21(19-22)24-13-4-6-17-30-24;34-28-22(24-13-5-7-18-31-24)11-8-14-26(28)33-27-19-21(23-12-4-6-17-30-23)15-16-25(27)32-29(33)20-9-2-1-3-10-20;1-16-27-22-12-11-19(21-10-3-5-14-26-21)24(29)23(22)28(16)18-8-6-7-17(15-18)20-9-2-4-13-25-20;1-16-27-21-12-11-17(19-8-2-4-13-25-19)15-23(21)28(16)22-10-6-7-18(24(22)29)20-9-3-5-14-26-20;;;;/h2*1-18,34H;2*2-14,29H,1H3;;;;/q4*-1;;;;. The zero-order valence-electron chi connectivity index (χ0n) is 69.0. The van der Waals surface area contributed by atoms with E-state index in [0.29, 0.717) is 73.0 Å². The molecule has 10 aromatic carbocycles. The molecule has 0 fully saturated rings. The van der Waals surface area contributed by atoms with Gasteiger partial charge in [-0.2, -0.15) is 0 Å². The fraction of sp³-hybridized carbons (Fsp3) is 0.0189. The minimum absolute atomic E-state index is 0. The Morgan fingerprint density at radius 2 is 0.515 bits per heavy atom. The number of benzene rings is 10. The molecule has 644 valence electrons. The average Bonchev–Trinajstić information content (AvgIpc) is 2.04. The summed E-state index contributed by atoms with van der Waals surface area (Å²) in [5.41, 5.74) is 22.7. The molecular formula is C106H72N16O4Pt4-4. The van der Waals surface area contributed by atoms with E-state index in [0.717, 1.165) is 118 Å². The first-order valence-corrected chi connectivity index (χ1v) is 40.5. The van der Waals surface area contributed by atoms with E-state index in [2.05, 4.69) is 74.1 Å². The number of phenolic OH excluding ortho intramolecular Hbond substituents is 4. The molecule has 0 saturated carbocycles. The minimum Gasteiger partial charge on any atom is -0.505 e. The van der Waals surface area contributed by atoms with Crippen molar-refractivity contribution in [2.75, 3.05) is 0 Å². The van der Waals surface area contributed by atoms with Crippen molar-refractivity contribution in [2.24, 2.45) is 0 Å². The molecule has 22 aromatic rings. The van der Waals surface area contributed by atoms with Crippen molar-refractivity contribution < 1.29 is 105 Å². The van der Waals surface area contributed by atoms with Crippen LogP contribution in [0.4, 0.5) is 0 Å². The Labute approximate surface area is 805 Å². The van der Waals surface area contributed by atoms with Crippen molar-refractivity contribution in [1.29, 1.82) is 0 Å². The Hall–Kier alpha value is -14.8. The Bertz CT molecular complexity index is 7650. The van der Waals surface area contributed by atoms with E-state index in [-0.39, 0.29) is 107 Å². The van der Waals surface area contributed by atoms with Crippen LogP contribution in [0.15, 0.2) is 377 Å². The van der Waals surface area contributed by atoms with Crippen LogP contribution in [0.5, 0.6) is 23.0 Å². The summed E-state index contributed by atoms with van der Waals surface area (Å²) in [6, 6.07) is 118. The minimum atomic E-state index is 0. The maximum Gasteiger partial charge on any atom is 0.151 e. The SMILES string of the molecule is Cc1nc2ccc(-c3ccccn3)[c-]c2n1-c1cccc(-c2ccccn2)c1O.Cc1nc2ccc(-c3ccccn3)c(O)c2n1-c1[c-]c(-c2ccccn2)ccc1.Oc1c(-c2ccccn2)ccc2nc(-c3ccccc3)n(-c3[c-]c(-c4ccccn4)ccc3)c12.Oc1c(-c2ccccn2)cccc1-n1c(-c2ccccc2)nc2ccc(-c3ccccn3)[c-]c21.[Pt].[Pt].[Pt].[Pt]. The summed E-state index contributed by atoms with van der Waals surface area (Å²) in [6.45, 7) is 3.84. The van der Waals surface area contributed by atoms with Crippen LogP contribution >= 0.6 is 0 Å². The molecule has 0 aliphatic rings. The van der Waals surface area contributed by atoms with E-state index in [1.807, 2.05) is 360 Å². The molecule has 0 amide bonds. The van der Waals surface area contributed by atoms with Gasteiger partial charge in [-0.05, 0) is 180 Å². The first-order chi connectivity index (χ1) is 62.0. The number of rotatable bonds is 14. The monoisotopic (exact) mass is 2410 g/mol. The van der Waals surface area contributed by atoms with E-state index >= 15 is 0 Å². The quantitative estimate of drug-likeness (QED) is 0.0738. The zero-order chi connectivity index (χ0) is 85.4. The van der Waals surface area contributed by atoms with Gasteiger partial charge >= 0.3 is 0 Å². The summed E-state index contributed by atoms with van der Waals surface area (Å²) in [5, 5.41) is 45.1. The predicted octanol–water partition coefficient (Wildman–Crippen LogP) is 22.6. The van der Waals surface area contributed by atoms with Crippen LogP contribution in [0.1, 0.15) is 11.6 Å². The molecule has 0 radical (unpaired) electrons. The Balaban J connectivity index is 0.000000132. The number of nitrogens with zero attached hydrogens (tertiary/aromatic N) is 16. The average molecular weight is 2410 g/mol. The molecule has 0 atom stereocenters. The third kappa shape index (κ3) is 18.6. The number of hydrogen-bond donors (Lipinski definition) is 4. The van der Waals surface area contributed by atoms with E-state index in [4.69, 9.17) is 9.97 Å². The molecular weight excluding hydrogens is 2340 g/mol. The normalized spacial score (nSPS) is 10.7. The molecule has 12 heterocycles. The van der Waals surface area contributed by atoms with E-state index in [9.17, 15) is 20.4 Å². The Kier molecular flexibility index (Phi) is 28.3. The van der Waals surface area contributed by atoms with Gasteiger partial charge in [0.25, 0.3) is 0 Å².